The highest BCUT2D eigenvalue weighted by atomic mass is 19.4. The number of alkyl halides is 3. The number of morpholine rings is 1. The van der Waals surface area contributed by atoms with E-state index in [0.29, 0.717) is 40.8 Å². The fourth-order valence-corrected chi connectivity index (χ4v) is 6.13. The monoisotopic (exact) mass is 611 g/mol. The van der Waals surface area contributed by atoms with Crippen molar-refractivity contribution in [1.29, 1.82) is 0 Å². The summed E-state index contributed by atoms with van der Waals surface area (Å²) in [6, 6.07) is 13.0. The van der Waals surface area contributed by atoms with E-state index in [0.717, 1.165) is 63.1 Å². The molecule has 0 unspecified atom stereocenters. The third-order valence-electron chi connectivity index (χ3n) is 8.29. The van der Waals surface area contributed by atoms with Gasteiger partial charge in [-0.3, -0.25) is 9.69 Å². The Balaban J connectivity index is 1.31. The molecule has 8 nitrogen and oxygen atoms in total. The summed E-state index contributed by atoms with van der Waals surface area (Å²) in [6.45, 7) is 4.92. The van der Waals surface area contributed by atoms with Crippen LogP contribution in [0.2, 0.25) is 0 Å². The molecule has 2 heterocycles. The van der Waals surface area contributed by atoms with Crippen molar-refractivity contribution in [1.82, 2.24) is 14.8 Å². The Hall–Kier alpha value is -3.88. The molecule has 1 saturated carbocycles. The minimum absolute atomic E-state index is 0.169. The fraction of sp³-hybridized carbons (Fsp3) is 0.485. The molecule has 0 spiro atoms. The van der Waals surface area contributed by atoms with Crippen LogP contribution >= 0.6 is 0 Å². The van der Waals surface area contributed by atoms with Gasteiger partial charge in [-0.2, -0.15) is 13.2 Å². The lowest BCUT2D eigenvalue weighted by molar-refractivity contribution is -0.140. The Labute approximate surface area is 256 Å². The zero-order valence-corrected chi connectivity index (χ0v) is 25.2. The van der Waals surface area contributed by atoms with Crippen molar-refractivity contribution in [3.63, 3.8) is 0 Å². The number of methoxy groups -OCH3 is 1. The molecule has 1 aliphatic heterocycles. The lowest BCUT2D eigenvalue weighted by Crippen LogP contribution is -2.46. The van der Waals surface area contributed by atoms with E-state index < -0.39 is 12.7 Å². The van der Waals surface area contributed by atoms with Crippen LogP contribution in [0.3, 0.4) is 0 Å². The van der Waals surface area contributed by atoms with Crippen LogP contribution in [0.15, 0.2) is 42.5 Å². The first-order chi connectivity index (χ1) is 21.3. The van der Waals surface area contributed by atoms with Crippen molar-refractivity contribution in [2.75, 3.05) is 57.1 Å². The largest absolute Gasteiger partial charge is 0.495 e. The number of benzene rings is 2. The van der Waals surface area contributed by atoms with Gasteiger partial charge in [0.25, 0.3) is 5.91 Å². The van der Waals surface area contributed by atoms with Gasteiger partial charge in [0.1, 0.15) is 12.3 Å². The Morgan fingerprint density at radius 3 is 2.55 bits per heavy atom. The standard InChI is InChI=1S/C33H40F3N5O3/c1-3-37-32(42)23-9-14-29(31(20-23)43-2)38-15-5-6-26-21-27-28(7-4-8-30(27)41(26)22-33(34,35)36)39-24-10-12-25(13-11-24)40-16-18-44-19-17-40/h4,7-9,14,20-21,24-25,38-39H,3,10-13,15-19,22H2,1-2H3,(H,37,42)/t24-,25+. The summed E-state index contributed by atoms with van der Waals surface area (Å²) in [5, 5.41) is 10.2. The molecule has 1 aromatic heterocycles. The minimum atomic E-state index is -4.40. The number of anilines is 2. The predicted molar refractivity (Wildman–Crippen MR) is 166 cm³/mol. The molecule has 2 aliphatic rings. The smallest absolute Gasteiger partial charge is 0.406 e. The second-order valence-electron chi connectivity index (χ2n) is 11.2. The van der Waals surface area contributed by atoms with E-state index in [4.69, 9.17) is 9.47 Å². The molecule has 1 amide bonds. The van der Waals surface area contributed by atoms with Gasteiger partial charge in [-0.05, 0) is 74.9 Å². The number of ether oxygens (including phenoxy) is 2. The summed E-state index contributed by atoms with van der Waals surface area (Å²) in [6.07, 6.45) is -0.208. The molecule has 0 radical (unpaired) electrons. The van der Waals surface area contributed by atoms with E-state index in [1.807, 2.05) is 13.0 Å². The van der Waals surface area contributed by atoms with Gasteiger partial charge in [0, 0.05) is 48.4 Å². The van der Waals surface area contributed by atoms with Gasteiger partial charge >= 0.3 is 6.18 Å². The SMILES string of the molecule is CCNC(=O)c1ccc(NCC#Cc2cc3c(N[C@H]4CC[C@@H](N5CCOCC5)CC4)cccc3n2CC(F)(F)F)c(OC)c1. The number of carbonyl (C=O) groups excluding carboxylic acids is 1. The third kappa shape index (κ3) is 7.79. The molecule has 2 fully saturated rings. The fourth-order valence-electron chi connectivity index (χ4n) is 6.13. The van der Waals surface area contributed by atoms with Crippen LogP contribution in [0.1, 0.15) is 48.7 Å². The Morgan fingerprint density at radius 1 is 1.07 bits per heavy atom. The summed E-state index contributed by atoms with van der Waals surface area (Å²) >= 11 is 0. The van der Waals surface area contributed by atoms with Crippen LogP contribution in [-0.2, 0) is 11.3 Å². The van der Waals surface area contributed by atoms with Crippen LogP contribution in [0.4, 0.5) is 24.5 Å². The first-order valence-electron chi connectivity index (χ1n) is 15.2. The van der Waals surface area contributed by atoms with Crippen LogP contribution in [0.5, 0.6) is 5.75 Å². The summed E-state index contributed by atoms with van der Waals surface area (Å²) < 4.78 is 53.2. The Kier molecular flexibility index (Phi) is 10.2. The first-order valence-corrected chi connectivity index (χ1v) is 15.2. The molecule has 1 saturated heterocycles. The highest BCUT2D eigenvalue weighted by molar-refractivity contribution is 5.95. The average Bonchev–Trinajstić information content (AvgIpc) is 3.36. The zero-order valence-electron chi connectivity index (χ0n) is 25.2. The number of hydrogen-bond acceptors (Lipinski definition) is 6. The summed E-state index contributed by atoms with van der Waals surface area (Å²) in [5.74, 6) is 6.18. The maximum Gasteiger partial charge on any atom is 0.406 e. The summed E-state index contributed by atoms with van der Waals surface area (Å²) in [7, 11) is 1.50. The summed E-state index contributed by atoms with van der Waals surface area (Å²) in [5.41, 5.74) is 2.71. The van der Waals surface area contributed by atoms with Gasteiger partial charge in [-0.25, -0.2) is 0 Å². The van der Waals surface area contributed by atoms with Crippen LogP contribution < -0.4 is 20.7 Å². The lowest BCUT2D eigenvalue weighted by Gasteiger charge is -2.39. The normalized spacial score (nSPS) is 19.2. The molecule has 0 bridgehead atoms. The molecule has 0 atom stereocenters. The molecule has 2 aromatic carbocycles. The molecular weight excluding hydrogens is 571 g/mol. The molecule has 236 valence electrons. The van der Waals surface area contributed by atoms with Crippen molar-refractivity contribution in [2.45, 2.75) is 57.4 Å². The van der Waals surface area contributed by atoms with E-state index in [9.17, 15) is 18.0 Å². The topological polar surface area (TPSA) is 79.8 Å². The number of rotatable bonds is 9. The van der Waals surface area contributed by atoms with Gasteiger partial charge in [-0.15, -0.1) is 0 Å². The predicted octanol–water partition coefficient (Wildman–Crippen LogP) is 5.48. The summed E-state index contributed by atoms with van der Waals surface area (Å²) in [4.78, 5) is 14.7. The van der Waals surface area contributed by atoms with E-state index >= 15 is 0 Å². The molecule has 11 heteroatoms. The van der Waals surface area contributed by atoms with Gasteiger partial charge in [-0.1, -0.05) is 12.0 Å². The maximum absolute atomic E-state index is 13.7. The van der Waals surface area contributed by atoms with E-state index in [1.165, 1.54) is 11.7 Å². The number of nitrogens with zero attached hydrogens (tertiary/aromatic N) is 2. The number of halogens is 3. The van der Waals surface area contributed by atoms with Crippen molar-refractivity contribution in [2.24, 2.45) is 0 Å². The van der Waals surface area contributed by atoms with Crippen LogP contribution in [0, 0.1) is 11.8 Å². The zero-order chi connectivity index (χ0) is 31.1. The quantitative estimate of drug-likeness (QED) is 0.278. The number of fused-ring (bicyclic) bond motifs is 1. The number of carbonyl (C=O) groups is 1. The average molecular weight is 612 g/mol. The highest BCUT2D eigenvalue weighted by Gasteiger charge is 2.31. The van der Waals surface area contributed by atoms with Gasteiger partial charge in [0.2, 0.25) is 0 Å². The minimum Gasteiger partial charge on any atom is -0.495 e. The van der Waals surface area contributed by atoms with Crippen molar-refractivity contribution in [3.05, 3.63) is 53.7 Å². The van der Waals surface area contributed by atoms with E-state index in [2.05, 4.69) is 32.7 Å². The Morgan fingerprint density at radius 2 is 1.84 bits per heavy atom. The van der Waals surface area contributed by atoms with Gasteiger partial charge in [0.05, 0.1) is 43.8 Å². The molecule has 3 aromatic rings. The van der Waals surface area contributed by atoms with Crippen LogP contribution in [-0.4, -0.2) is 80.1 Å². The second kappa shape index (κ2) is 14.3. The van der Waals surface area contributed by atoms with E-state index in [1.54, 1.807) is 36.4 Å². The molecule has 44 heavy (non-hydrogen) atoms. The third-order valence-corrected chi connectivity index (χ3v) is 8.29. The number of amides is 1. The van der Waals surface area contributed by atoms with Crippen LogP contribution in [0.25, 0.3) is 10.9 Å². The van der Waals surface area contributed by atoms with E-state index in [-0.39, 0.29) is 18.5 Å². The molecular formula is C33H40F3N5O3. The maximum atomic E-state index is 13.7. The van der Waals surface area contributed by atoms with Crippen molar-refractivity contribution < 1.29 is 27.4 Å². The first kappa shape index (κ1) is 31.5. The van der Waals surface area contributed by atoms with Gasteiger partial charge < -0.3 is 30.0 Å². The highest BCUT2D eigenvalue weighted by Crippen LogP contribution is 2.33. The number of hydrogen-bond donors (Lipinski definition) is 3. The Bertz CT molecular complexity index is 1500. The second-order valence-corrected chi connectivity index (χ2v) is 11.2. The molecule has 5 rings (SSSR count). The molecule has 3 N–H and O–H groups in total. The number of aromatic nitrogens is 1. The van der Waals surface area contributed by atoms with Crippen molar-refractivity contribution in [3.8, 4) is 17.6 Å². The lowest BCUT2D eigenvalue weighted by atomic mass is 9.89. The van der Waals surface area contributed by atoms with Gasteiger partial charge in [0.15, 0.2) is 0 Å². The molecule has 1 aliphatic carbocycles. The van der Waals surface area contributed by atoms with Crippen molar-refractivity contribution >= 4 is 28.2 Å². The number of nitrogens with one attached hydrogen (secondary N) is 3.